The number of rotatable bonds is 1. The predicted molar refractivity (Wildman–Crippen MR) is 55.9 cm³/mol. The molecule has 70 valence electrons. The van der Waals surface area contributed by atoms with Gasteiger partial charge in [-0.2, -0.15) is 5.26 Å². The summed E-state index contributed by atoms with van der Waals surface area (Å²) in [5.74, 6) is 0.232. The maximum absolute atomic E-state index is 8.59. The fourth-order valence-corrected chi connectivity index (χ4v) is 1.63. The lowest BCUT2D eigenvalue weighted by Crippen LogP contribution is -1.84. The zero-order valence-electron chi connectivity index (χ0n) is 6.87. The number of benzene rings is 1. The quantitative estimate of drug-likeness (QED) is 0.747. The van der Waals surface area contributed by atoms with Gasteiger partial charge in [-0.05, 0) is 28.1 Å². The first-order chi connectivity index (χ1) is 6.72. The number of nitrogens with zero attached hydrogens (tertiary/aromatic N) is 2. The van der Waals surface area contributed by atoms with E-state index in [-0.39, 0.29) is 5.89 Å². The van der Waals surface area contributed by atoms with Crippen molar-refractivity contribution < 1.29 is 4.42 Å². The molecule has 1 unspecified atom stereocenters. The van der Waals surface area contributed by atoms with Crippen molar-refractivity contribution in [2.24, 2.45) is 0 Å². The van der Waals surface area contributed by atoms with Gasteiger partial charge < -0.3 is 4.42 Å². The molecule has 0 bridgehead atoms. The minimum atomic E-state index is -0.839. The van der Waals surface area contributed by atoms with Crippen molar-refractivity contribution in [1.29, 1.82) is 5.26 Å². The number of nitriles is 1. The number of para-hydroxylation sites is 1. The highest BCUT2D eigenvalue weighted by atomic mass is 79.9. The molecule has 0 fully saturated rings. The molecule has 0 saturated carbocycles. The van der Waals surface area contributed by atoms with Gasteiger partial charge in [-0.15, -0.1) is 0 Å². The van der Waals surface area contributed by atoms with E-state index in [1.807, 2.05) is 18.2 Å². The molecule has 0 spiro atoms. The summed E-state index contributed by atoms with van der Waals surface area (Å²) in [7, 11) is 0. The van der Waals surface area contributed by atoms with Gasteiger partial charge in [0.25, 0.3) is 0 Å². The van der Waals surface area contributed by atoms with Gasteiger partial charge >= 0.3 is 0 Å². The summed E-state index contributed by atoms with van der Waals surface area (Å²) in [5, 5.41) is 7.75. The van der Waals surface area contributed by atoms with Crippen LogP contribution in [-0.4, -0.2) is 4.98 Å². The summed E-state index contributed by atoms with van der Waals surface area (Å²) >= 11 is 9.00. The standard InChI is InChI=1S/C9H4BrClN2O/c10-5-2-1-3-7-8(5)14-9(13-7)6(11)4-12/h1-3,6H. The number of aromatic nitrogens is 1. The molecule has 14 heavy (non-hydrogen) atoms. The Morgan fingerprint density at radius 2 is 2.36 bits per heavy atom. The fraction of sp³-hybridized carbons (Fsp3) is 0.111. The van der Waals surface area contributed by atoms with E-state index < -0.39 is 5.38 Å². The van der Waals surface area contributed by atoms with Crippen molar-refractivity contribution in [3.05, 3.63) is 28.6 Å². The van der Waals surface area contributed by atoms with Gasteiger partial charge in [-0.25, -0.2) is 4.98 Å². The van der Waals surface area contributed by atoms with Crippen LogP contribution in [0, 0.1) is 11.3 Å². The number of fused-ring (bicyclic) bond motifs is 1. The first-order valence-electron chi connectivity index (χ1n) is 3.81. The van der Waals surface area contributed by atoms with E-state index in [4.69, 9.17) is 21.3 Å². The zero-order chi connectivity index (χ0) is 10.1. The van der Waals surface area contributed by atoms with Crippen molar-refractivity contribution in [3.63, 3.8) is 0 Å². The molecular weight excluding hydrogens is 267 g/mol. The molecule has 1 aromatic heterocycles. The third-order valence-electron chi connectivity index (χ3n) is 1.71. The minimum absolute atomic E-state index is 0.232. The van der Waals surface area contributed by atoms with Crippen molar-refractivity contribution >= 4 is 38.6 Å². The summed E-state index contributed by atoms with van der Waals surface area (Å²) in [6.07, 6.45) is 0. The van der Waals surface area contributed by atoms with E-state index in [0.717, 1.165) is 4.47 Å². The minimum Gasteiger partial charge on any atom is -0.437 e. The van der Waals surface area contributed by atoms with Crippen LogP contribution >= 0.6 is 27.5 Å². The molecule has 0 radical (unpaired) electrons. The van der Waals surface area contributed by atoms with Crippen molar-refractivity contribution in [2.75, 3.05) is 0 Å². The summed E-state index contributed by atoms with van der Waals surface area (Å²) in [5.41, 5.74) is 1.30. The first kappa shape index (κ1) is 9.50. The Balaban J connectivity index is 2.64. The Bertz CT molecular complexity index is 517. The van der Waals surface area contributed by atoms with Crippen LogP contribution in [0.4, 0.5) is 0 Å². The van der Waals surface area contributed by atoms with E-state index in [9.17, 15) is 0 Å². The van der Waals surface area contributed by atoms with Crippen LogP contribution < -0.4 is 0 Å². The Hall–Kier alpha value is -1.05. The van der Waals surface area contributed by atoms with Gasteiger partial charge in [0.2, 0.25) is 5.89 Å². The average molecular weight is 272 g/mol. The summed E-state index contributed by atoms with van der Waals surface area (Å²) < 4.78 is 6.14. The second-order valence-electron chi connectivity index (χ2n) is 2.63. The van der Waals surface area contributed by atoms with Gasteiger partial charge in [0, 0.05) is 0 Å². The number of hydrogen-bond donors (Lipinski definition) is 0. The molecule has 0 aliphatic carbocycles. The van der Waals surface area contributed by atoms with Gasteiger partial charge in [-0.1, -0.05) is 17.7 Å². The Morgan fingerprint density at radius 1 is 1.57 bits per heavy atom. The van der Waals surface area contributed by atoms with Crippen LogP contribution in [0.3, 0.4) is 0 Å². The van der Waals surface area contributed by atoms with Gasteiger partial charge in [-0.3, -0.25) is 0 Å². The molecule has 0 saturated heterocycles. The van der Waals surface area contributed by atoms with Crippen LogP contribution in [-0.2, 0) is 0 Å². The lowest BCUT2D eigenvalue weighted by Gasteiger charge is -1.90. The van der Waals surface area contributed by atoms with Gasteiger partial charge in [0.05, 0.1) is 10.5 Å². The Labute approximate surface area is 93.4 Å². The van der Waals surface area contributed by atoms with E-state index in [1.54, 1.807) is 6.07 Å². The maximum Gasteiger partial charge on any atom is 0.228 e. The lowest BCUT2D eigenvalue weighted by molar-refractivity contribution is 0.542. The second-order valence-corrected chi connectivity index (χ2v) is 3.92. The number of oxazole rings is 1. The number of hydrogen-bond acceptors (Lipinski definition) is 3. The number of alkyl halides is 1. The molecule has 0 N–H and O–H groups in total. The molecule has 0 aliphatic heterocycles. The van der Waals surface area contributed by atoms with Crippen LogP contribution in [0.1, 0.15) is 11.3 Å². The molecule has 0 aliphatic rings. The normalized spacial score (nSPS) is 12.6. The maximum atomic E-state index is 8.59. The largest absolute Gasteiger partial charge is 0.437 e. The fourth-order valence-electron chi connectivity index (χ4n) is 1.10. The Morgan fingerprint density at radius 3 is 3.00 bits per heavy atom. The molecule has 2 rings (SSSR count). The predicted octanol–water partition coefficient (Wildman–Crippen LogP) is 3.39. The highest BCUT2D eigenvalue weighted by Crippen LogP contribution is 2.28. The van der Waals surface area contributed by atoms with Crippen LogP contribution in [0.15, 0.2) is 27.1 Å². The highest BCUT2D eigenvalue weighted by molar-refractivity contribution is 9.10. The Kier molecular flexibility index (Phi) is 2.44. The van der Waals surface area contributed by atoms with E-state index in [0.29, 0.717) is 11.1 Å². The van der Waals surface area contributed by atoms with E-state index in [2.05, 4.69) is 20.9 Å². The molecule has 1 aromatic carbocycles. The van der Waals surface area contributed by atoms with Gasteiger partial charge in [0.1, 0.15) is 5.52 Å². The van der Waals surface area contributed by atoms with Gasteiger partial charge in [0.15, 0.2) is 11.0 Å². The van der Waals surface area contributed by atoms with Crippen LogP contribution in [0.25, 0.3) is 11.1 Å². The molecule has 2 aromatic rings. The highest BCUT2D eigenvalue weighted by Gasteiger charge is 2.15. The molecule has 1 heterocycles. The summed E-state index contributed by atoms with van der Waals surface area (Å²) in [6, 6.07) is 7.34. The van der Waals surface area contributed by atoms with Crippen molar-refractivity contribution in [1.82, 2.24) is 4.98 Å². The van der Waals surface area contributed by atoms with Crippen molar-refractivity contribution in [3.8, 4) is 6.07 Å². The van der Waals surface area contributed by atoms with Crippen molar-refractivity contribution in [2.45, 2.75) is 5.38 Å². The smallest absolute Gasteiger partial charge is 0.228 e. The molecule has 0 amide bonds. The second kappa shape index (κ2) is 3.60. The first-order valence-corrected chi connectivity index (χ1v) is 5.04. The molecular formula is C9H4BrClN2O. The average Bonchev–Trinajstić information content (AvgIpc) is 2.62. The summed E-state index contributed by atoms with van der Waals surface area (Å²) in [4.78, 5) is 4.09. The lowest BCUT2D eigenvalue weighted by atomic mass is 10.3. The molecule has 3 nitrogen and oxygen atoms in total. The SMILES string of the molecule is N#CC(Cl)c1nc2cccc(Br)c2o1. The monoisotopic (exact) mass is 270 g/mol. The summed E-state index contributed by atoms with van der Waals surface area (Å²) in [6.45, 7) is 0. The topological polar surface area (TPSA) is 49.8 Å². The third kappa shape index (κ3) is 1.49. The van der Waals surface area contributed by atoms with E-state index >= 15 is 0 Å². The van der Waals surface area contributed by atoms with Crippen LogP contribution in [0.2, 0.25) is 0 Å². The number of halogens is 2. The molecule has 5 heteroatoms. The molecule has 1 atom stereocenters. The van der Waals surface area contributed by atoms with E-state index in [1.165, 1.54) is 0 Å². The van der Waals surface area contributed by atoms with Crippen LogP contribution in [0.5, 0.6) is 0 Å². The zero-order valence-corrected chi connectivity index (χ0v) is 9.21. The third-order valence-corrected chi connectivity index (χ3v) is 2.62.